The third-order valence-corrected chi connectivity index (χ3v) is 9.53. The second-order valence-corrected chi connectivity index (χ2v) is 10.7. The molecule has 0 aromatic heterocycles. The number of ketones is 1. The Labute approximate surface area is 175 Å². The van der Waals surface area contributed by atoms with Gasteiger partial charge in [0.25, 0.3) is 0 Å². The SMILES string of the molecule is COC(=O)CCC/C=C1\CC[C@]2(C)C3CC[C@]4(C)C(=O)CCC4C3C[C@@H](O)C2C1. The highest BCUT2D eigenvalue weighted by Crippen LogP contribution is 2.65. The summed E-state index contributed by atoms with van der Waals surface area (Å²) in [5.41, 5.74) is 1.54. The Bertz CT molecular complexity index is 697. The molecule has 0 aromatic rings. The minimum atomic E-state index is -0.252. The number of Topliss-reactive ketones (excluding diaryl/α,β-unsaturated/α-hetero) is 1. The van der Waals surface area contributed by atoms with E-state index in [0.29, 0.717) is 35.9 Å². The molecule has 4 nitrogen and oxygen atoms in total. The first-order valence-corrected chi connectivity index (χ1v) is 11.8. The lowest BCUT2D eigenvalue weighted by molar-refractivity contribution is -0.155. The summed E-state index contributed by atoms with van der Waals surface area (Å²) >= 11 is 0. The predicted molar refractivity (Wildman–Crippen MR) is 112 cm³/mol. The fourth-order valence-electron chi connectivity index (χ4n) is 7.76. The summed E-state index contributed by atoms with van der Waals surface area (Å²) in [6.07, 6.45) is 12.4. The summed E-state index contributed by atoms with van der Waals surface area (Å²) in [6, 6.07) is 0. The summed E-state index contributed by atoms with van der Waals surface area (Å²) in [7, 11) is 1.44. The van der Waals surface area contributed by atoms with Crippen molar-refractivity contribution in [1.82, 2.24) is 0 Å². The number of rotatable bonds is 4. The highest BCUT2D eigenvalue weighted by Gasteiger charge is 2.61. The molecule has 4 fully saturated rings. The van der Waals surface area contributed by atoms with E-state index in [2.05, 4.69) is 19.9 Å². The van der Waals surface area contributed by atoms with Crippen molar-refractivity contribution in [3.05, 3.63) is 11.6 Å². The maximum atomic E-state index is 12.6. The van der Waals surface area contributed by atoms with Crippen molar-refractivity contribution in [1.29, 1.82) is 0 Å². The smallest absolute Gasteiger partial charge is 0.305 e. The molecule has 0 saturated heterocycles. The Hall–Kier alpha value is -1.16. The van der Waals surface area contributed by atoms with Crippen LogP contribution in [0.3, 0.4) is 0 Å². The monoisotopic (exact) mass is 402 g/mol. The van der Waals surface area contributed by atoms with Crippen molar-refractivity contribution in [3.63, 3.8) is 0 Å². The van der Waals surface area contributed by atoms with Gasteiger partial charge in [-0.3, -0.25) is 9.59 Å². The van der Waals surface area contributed by atoms with Crippen LogP contribution in [0, 0.1) is 34.5 Å². The molecule has 0 heterocycles. The lowest BCUT2D eigenvalue weighted by Crippen LogP contribution is -2.57. The molecule has 0 amide bonds. The number of aliphatic hydroxyl groups is 1. The first-order valence-electron chi connectivity index (χ1n) is 11.8. The van der Waals surface area contributed by atoms with Gasteiger partial charge in [-0.1, -0.05) is 25.5 Å². The minimum absolute atomic E-state index is 0.122. The van der Waals surface area contributed by atoms with E-state index < -0.39 is 0 Å². The zero-order valence-corrected chi connectivity index (χ0v) is 18.4. The average Bonchev–Trinajstić information content (AvgIpc) is 3.01. The highest BCUT2D eigenvalue weighted by atomic mass is 16.5. The van der Waals surface area contributed by atoms with E-state index in [4.69, 9.17) is 4.74 Å². The zero-order valence-electron chi connectivity index (χ0n) is 18.4. The van der Waals surface area contributed by atoms with Crippen LogP contribution in [0.1, 0.15) is 84.5 Å². The standard InChI is InChI=1S/C25H38O4/c1-24-12-10-16(6-4-5-7-23(28)29-3)14-20(24)21(26)15-17-18-8-9-22(27)25(18,2)13-11-19(17)24/h6,17-21,26H,4-5,7-15H2,1-3H3/b16-6+/t17?,18?,19?,20?,21-,24-,25+/m1/s1. The van der Waals surface area contributed by atoms with Crippen LogP contribution in [0.4, 0.5) is 0 Å². The van der Waals surface area contributed by atoms with Gasteiger partial charge in [0.05, 0.1) is 13.2 Å². The quantitative estimate of drug-likeness (QED) is 0.415. The number of esters is 1. The van der Waals surface area contributed by atoms with E-state index in [0.717, 1.165) is 64.2 Å². The molecule has 4 rings (SSSR count). The summed E-state index contributed by atoms with van der Waals surface area (Å²) in [4.78, 5) is 23.9. The Morgan fingerprint density at radius 2 is 1.97 bits per heavy atom. The van der Waals surface area contributed by atoms with Crippen LogP contribution in [-0.2, 0) is 14.3 Å². The first kappa shape index (κ1) is 21.1. The number of hydrogen-bond donors (Lipinski definition) is 1. The lowest BCUT2D eigenvalue weighted by atomic mass is 9.44. The molecule has 0 bridgehead atoms. The zero-order chi connectivity index (χ0) is 20.8. The molecule has 4 aliphatic rings. The maximum Gasteiger partial charge on any atom is 0.305 e. The third-order valence-electron chi connectivity index (χ3n) is 9.53. The van der Waals surface area contributed by atoms with Crippen LogP contribution in [0.5, 0.6) is 0 Å². The maximum absolute atomic E-state index is 12.6. The van der Waals surface area contributed by atoms with Gasteiger partial charge >= 0.3 is 5.97 Å². The van der Waals surface area contributed by atoms with Gasteiger partial charge in [-0.05, 0) is 86.9 Å². The van der Waals surface area contributed by atoms with E-state index in [-0.39, 0.29) is 22.9 Å². The normalized spacial score (nSPS) is 45.4. The largest absolute Gasteiger partial charge is 0.469 e. The van der Waals surface area contributed by atoms with Gasteiger partial charge in [0, 0.05) is 18.3 Å². The first-order chi connectivity index (χ1) is 13.8. The number of hydrogen-bond acceptors (Lipinski definition) is 4. The number of fused-ring (bicyclic) bond motifs is 5. The third kappa shape index (κ3) is 3.49. The lowest BCUT2D eigenvalue weighted by Gasteiger charge is -2.61. The molecule has 162 valence electrons. The van der Waals surface area contributed by atoms with E-state index in [1.165, 1.54) is 12.7 Å². The van der Waals surface area contributed by atoms with E-state index in [1.54, 1.807) is 0 Å². The van der Waals surface area contributed by atoms with Crippen LogP contribution in [0.25, 0.3) is 0 Å². The molecule has 0 aliphatic heterocycles. The fraction of sp³-hybridized carbons (Fsp3) is 0.840. The molecule has 4 aliphatic carbocycles. The summed E-state index contributed by atoms with van der Waals surface area (Å²) in [5, 5.41) is 11.2. The van der Waals surface area contributed by atoms with Crippen molar-refractivity contribution in [2.75, 3.05) is 7.11 Å². The molecule has 1 N–H and O–H groups in total. The second kappa shape index (κ2) is 7.83. The van der Waals surface area contributed by atoms with Crippen LogP contribution >= 0.6 is 0 Å². The van der Waals surface area contributed by atoms with Gasteiger partial charge in [0.1, 0.15) is 5.78 Å². The molecular weight excluding hydrogens is 364 g/mol. The topological polar surface area (TPSA) is 63.6 Å². The number of aliphatic hydroxyl groups excluding tert-OH is 1. The van der Waals surface area contributed by atoms with Gasteiger partial charge in [-0.2, -0.15) is 0 Å². The van der Waals surface area contributed by atoms with Crippen molar-refractivity contribution in [2.24, 2.45) is 34.5 Å². The number of carbonyl (C=O) groups is 2. The van der Waals surface area contributed by atoms with Gasteiger partial charge in [-0.15, -0.1) is 0 Å². The van der Waals surface area contributed by atoms with Crippen LogP contribution in [0.15, 0.2) is 11.6 Å². The number of methoxy groups -OCH3 is 1. The van der Waals surface area contributed by atoms with Crippen LogP contribution < -0.4 is 0 Å². The minimum Gasteiger partial charge on any atom is -0.469 e. The molecule has 4 saturated carbocycles. The number of allylic oxidation sites excluding steroid dienone is 2. The Morgan fingerprint density at radius 1 is 1.17 bits per heavy atom. The van der Waals surface area contributed by atoms with Crippen molar-refractivity contribution in [2.45, 2.75) is 90.6 Å². The van der Waals surface area contributed by atoms with Crippen LogP contribution in [-0.4, -0.2) is 30.1 Å². The molecule has 7 atom stereocenters. The van der Waals surface area contributed by atoms with Crippen molar-refractivity contribution in [3.8, 4) is 0 Å². The van der Waals surface area contributed by atoms with E-state index in [9.17, 15) is 14.7 Å². The molecule has 4 heteroatoms. The highest BCUT2D eigenvalue weighted by molar-refractivity contribution is 5.87. The Kier molecular flexibility index (Phi) is 5.69. The van der Waals surface area contributed by atoms with Gasteiger partial charge in [0.15, 0.2) is 0 Å². The van der Waals surface area contributed by atoms with Gasteiger partial charge in [-0.25, -0.2) is 0 Å². The van der Waals surface area contributed by atoms with Crippen molar-refractivity contribution < 1.29 is 19.4 Å². The Balaban J connectivity index is 1.45. The summed E-state index contributed by atoms with van der Waals surface area (Å²) in [5.74, 6) is 2.33. The van der Waals surface area contributed by atoms with Gasteiger partial charge < -0.3 is 9.84 Å². The molecule has 4 unspecified atom stereocenters. The van der Waals surface area contributed by atoms with Crippen LogP contribution in [0.2, 0.25) is 0 Å². The summed E-state index contributed by atoms with van der Waals surface area (Å²) < 4.78 is 4.72. The second-order valence-electron chi connectivity index (χ2n) is 10.7. The summed E-state index contributed by atoms with van der Waals surface area (Å²) in [6.45, 7) is 4.64. The number of unbranched alkanes of at least 4 members (excludes halogenated alkanes) is 1. The molecule has 29 heavy (non-hydrogen) atoms. The number of carbonyl (C=O) groups excluding carboxylic acids is 2. The number of ether oxygens (including phenoxy) is 1. The average molecular weight is 403 g/mol. The molecule has 0 spiro atoms. The van der Waals surface area contributed by atoms with Gasteiger partial charge in [0.2, 0.25) is 0 Å². The Morgan fingerprint density at radius 3 is 2.72 bits per heavy atom. The molecule has 0 aromatic carbocycles. The molecule has 0 radical (unpaired) electrons. The van der Waals surface area contributed by atoms with E-state index >= 15 is 0 Å². The van der Waals surface area contributed by atoms with Crippen molar-refractivity contribution >= 4 is 11.8 Å². The molecular formula is C25H38O4. The van der Waals surface area contributed by atoms with E-state index in [1.807, 2.05) is 0 Å². The predicted octanol–water partition coefficient (Wildman–Crippen LogP) is 4.84. The fourth-order valence-corrected chi connectivity index (χ4v) is 7.76.